The zero-order valence-electron chi connectivity index (χ0n) is 9.70. The van der Waals surface area contributed by atoms with Crippen LogP contribution in [0.4, 0.5) is 0 Å². The first kappa shape index (κ1) is 10.5. The molecule has 2 nitrogen and oxygen atoms in total. The van der Waals surface area contributed by atoms with Crippen LogP contribution in [0.15, 0.2) is 30.3 Å². The number of hydrogen-bond acceptors (Lipinski definition) is 2. The molecule has 1 rings (SSSR count). The Morgan fingerprint density at radius 2 is 2.20 bits per heavy atom. The summed E-state index contributed by atoms with van der Waals surface area (Å²) in [5.41, 5.74) is 0.532. The van der Waals surface area contributed by atoms with Gasteiger partial charge in [0, 0.05) is 12.7 Å². The Kier molecular flexibility index (Phi) is 3.62. The molecule has 1 unspecified atom stereocenters. The van der Waals surface area contributed by atoms with Crippen molar-refractivity contribution in [2.24, 2.45) is 0 Å². The number of alkyl halides is 1. The molecule has 0 aliphatic carbocycles. The predicted octanol–water partition coefficient (Wildman–Crippen LogP) is 3.25. The molecule has 82 valence electrons. The van der Waals surface area contributed by atoms with Crippen LogP contribution in [-0.4, -0.2) is 17.5 Å². The lowest BCUT2D eigenvalue weighted by molar-refractivity contribution is 0.0492. The highest BCUT2D eigenvalue weighted by molar-refractivity contribution is 6.23. The molecule has 0 aliphatic heterocycles. The maximum Gasteiger partial charge on any atom is 0.338 e. The highest BCUT2D eigenvalue weighted by Crippen LogP contribution is 2.17. The lowest BCUT2D eigenvalue weighted by Gasteiger charge is -2.14. The van der Waals surface area contributed by atoms with Crippen molar-refractivity contribution in [2.45, 2.75) is 25.1 Å². The molecule has 1 aromatic rings. The standard InChI is InChI=1S/C12H15ClO2/c1-12(2,13)8-9-15-11(14)10-6-4-3-5-7-10/h3-7H,8-9H2,1-2H3/i1D. The molecule has 1 aromatic carbocycles. The SMILES string of the molecule is [2H]CC(C)(Cl)CCOC(=O)c1ccccc1. The number of ether oxygens (including phenoxy) is 1. The maximum absolute atomic E-state index is 11.5. The van der Waals surface area contributed by atoms with E-state index in [1.54, 1.807) is 31.2 Å². The van der Waals surface area contributed by atoms with E-state index in [4.69, 9.17) is 17.7 Å². The molecular weight excluding hydrogens is 212 g/mol. The third-order valence-corrected chi connectivity index (χ3v) is 2.05. The molecule has 15 heavy (non-hydrogen) atoms. The third kappa shape index (κ3) is 4.84. The van der Waals surface area contributed by atoms with Crippen molar-refractivity contribution in [3.05, 3.63) is 35.9 Å². The summed E-state index contributed by atoms with van der Waals surface area (Å²) in [7, 11) is 0. The van der Waals surface area contributed by atoms with Gasteiger partial charge < -0.3 is 4.74 Å². The molecule has 3 heteroatoms. The molecule has 0 amide bonds. The molecule has 0 bridgehead atoms. The van der Waals surface area contributed by atoms with Gasteiger partial charge in [-0.15, -0.1) is 11.6 Å². The van der Waals surface area contributed by atoms with Crippen molar-refractivity contribution >= 4 is 17.6 Å². The summed E-state index contributed by atoms with van der Waals surface area (Å²) in [5.74, 6) is -0.349. The van der Waals surface area contributed by atoms with Gasteiger partial charge in [-0.2, -0.15) is 0 Å². The molecule has 0 aliphatic rings. The molecule has 0 heterocycles. The summed E-state index contributed by atoms with van der Waals surface area (Å²) < 4.78 is 12.2. The van der Waals surface area contributed by atoms with Gasteiger partial charge in [-0.3, -0.25) is 0 Å². The molecule has 0 N–H and O–H groups in total. The van der Waals surface area contributed by atoms with Gasteiger partial charge in [0.1, 0.15) is 0 Å². The topological polar surface area (TPSA) is 26.3 Å². The number of esters is 1. The first-order chi connectivity index (χ1) is 7.55. The van der Waals surface area contributed by atoms with E-state index < -0.39 is 4.87 Å². The van der Waals surface area contributed by atoms with Crippen molar-refractivity contribution in [1.82, 2.24) is 0 Å². The van der Waals surface area contributed by atoms with Crippen LogP contribution < -0.4 is 0 Å². The molecule has 0 saturated heterocycles. The minimum absolute atomic E-state index is 0.109. The van der Waals surface area contributed by atoms with Crippen molar-refractivity contribution in [3.8, 4) is 0 Å². The summed E-state index contributed by atoms with van der Waals surface area (Å²) in [5, 5.41) is 0. The fraction of sp³-hybridized carbons (Fsp3) is 0.417. The summed E-state index contributed by atoms with van der Waals surface area (Å²) in [4.78, 5) is 10.9. The fourth-order valence-corrected chi connectivity index (χ4v) is 1.09. The Bertz CT molecular complexity index is 338. The van der Waals surface area contributed by atoms with E-state index in [0.717, 1.165) is 0 Å². The van der Waals surface area contributed by atoms with Crippen LogP contribution in [0, 0.1) is 0 Å². The zero-order valence-corrected chi connectivity index (χ0v) is 9.46. The van der Waals surface area contributed by atoms with Crippen LogP contribution in [0.3, 0.4) is 0 Å². The summed E-state index contributed by atoms with van der Waals surface area (Å²) in [6, 6.07) is 8.81. The minimum Gasteiger partial charge on any atom is -0.462 e. The van der Waals surface area contributed by atoms with Gasteiger partial charge in [0.2, 0.25) is 0 Å². The zero-order chi connectivity index (χ0) is 12.0. The highest BCUT2D eigenvalue weighted by atomic mass is 35.5. The van der Waals surface area contributed by atoms with E-state index in [2.05, 4.69) is 0 Å². The first-order valence-corrected chi connectivity index (χ1v) is 5.13. The molecule has 1 atom stereocenters. The largest absolute Gasteiger partial charge is 0.462 e. The van der Waals surface area contributed by atoms with Gasteiger partial charge in [-0.1, -0.05) is 18.2 Å². The second-order valence-electron chi connectivity index (χ2n) is 3.67. The highest BCUT2D eigenvalue weighted by Gasteiger charge is 2.14. The minimum atomic E-state index is -0.614. The van der Waals surface area contributed by atoms with Crippen molar-refractivity contribution in [2.75, 3.05) is 6.61 Å². The van der Waals surface area contributed by atoms with E-state index in [0.29, 0.717) is 12.0 Å². The Morgan fingerprint density at radius 3 is 2.80 bits per heavy atom. The lowest BCUT2D eigenvalue weighted by Crippen LogP contribution is -2.16. The molecule has 0 spiro atoms. The number of benzene rings is 1. The average Bonchev–Trinajstić information content (AvgIpc) is 2.30. The second kappa shape index (κ2) is 5.17. The summed E-state index contributed by atoms with van der Waals surface area (Å²) >= 11 is 5.97. The van der Waals surface area contributed by atoms with Crippen LogP contribution in [0.5, 0.6) is 0 Å². The van der Waals surface area contributed by atoms with Crippen molar-refractivity contribution in [1.29, 1.82) is 0 Å². The first-order valence-electron chi connectivity index (χ1n) is 5.46. The number of carbonyl (C=O) groups is 1. The Morgan fingerprint density at radius 1 is 1.53 bits per heavy atom. The molecular formula is C12H15ClO2. The number of hydrogen-bond donors (Lipinski definition) is 0. The van der Waals surface area contributed by atoms with Gasteiger partial charge in [0.25, 0.3) is 0 Å². The lowest BCUT2D eigenvalue weighted by atomic mass is 10.1. The second-order valence-corrected chi connectivity index (χ2v) is 4.58. The monoisotopic (exact) mass is 227 g/mol. The van der Waals surface area contributed by atoms with Gasteiger partial charge in [-0.05, 0) is 26.0 Å². The van der Waals surface area contributed by atoms with Crippen LogP contribution >= 0.6 is 11.6 Å². The summed E-state index contributed by atoms with van der Waals surface area (Å²) in [6.45, 7) is 2.11. The normalized spacial score (nSPS) is 15.2. The van der Waals surface area contributed by atoms with Crippen molar-refractivity contribution in [3.63, 3.8) is 0 Å². The number of rotatable bonds is 4. The van der Waals surface area contributed by atoms with E-state index in [1.165, 1.54) is 0 Å². The fourth-order valence-electron chi connectivity index (χ4n) is 1.01. The van der Waals surface area contributed by atoms with Crippen LogP contribution in [-0.2, 0) is 4.74 Å². The maximum atomic E-state index is 11.5. The van der Waals surface area contributed by atoms with E-state index >= 15 is 0 Å². The Labute approximate surface area is 96.6 Å². The third-order valence-electron chi connectivity index (χ3n) is 1.87. The van der Waals surface area contributed by atoms with Crippen LogP contribution in [0.2, 0.25) is 0 Å². The van der Waals surface area contributed by atoms with Crippen LogP contribution in [0.25, 0.3) is 0 Å². The quantitative estimate of drug-likeness (QED) is 0.583. The van der Waals surface area contributed by atoms with E-state index in [-0.39, 0.29) is 19.5 Å². The number of carbonyl (C=O) groups excluding carboxylic acids is 1. The van der Waals surface area contributed by atoms with E-state index in [1.807, 2.05) is 6.07 Å². The smallest absolute Gasteiger partial charge is 0.338 e. The van der Waals surface area contributed by atoms with E-state index in [9.17, 15) is 4.79 Å². The van der Waals surface area contributed by atoms with Crippen molar-refractivity contribution < 1.29 is 10.9 Å². The van der Waals surface area contributed by atoms with Gasteiger partial charge in [0.15, 0.2) is 0 Å². The molecule has 0 fully saturated rings. The number of halogens is 1. The Hall–Kier alpha value is -1.02. The van der Waals surface area contributed by atoms with Crippen LogP contribution in [0.1, 0.15) is 32.0 Å². The van der Waals surface area contributed by atoms with Gasteiger partial charge in [0.05, 0.1) is 12.2 Å². The Balaban J connectivity index is 2.37. The molecule has 0 saturated carbocycles. The van der Waals surface area contributed by atoms with Gasteiger partial charge >= 0.3 is 5.97 Å². The molecule has 0 aromatic heterocycles. The molecule has 0 radical (unpaired) electrons. The van der Waals surface area contributed by atoms with Gasteiger partial charge in [-0.25, -0.2) is 4.79 Å². The summed E-state index contributed by atoms with van der Waals surface area (Å²) in [6.07, 6.45) is 0.483. The average molecular weight is 228 g/mol. The predicted molar refractivity (Wildman–Crippen MR) is 61.3 cm³/mol.